The summed E-state index contributed by atoms with van der Waals surface area (Å²) in [5, 5.41) is 23.1. The van der Waals surface area contributed by atoms with Crippen LogP contribution in [0.3, 0.4) is 0 Å². The van der Waals surface area contributed by atoms with Crippen molar-refractivity contribution in [3.8, 4) is 23.0 Å². The Bertz CT molecular complexity index is 1680. The Morgan fingerprint density at radius 1 is 0.811 bits per heavy atom. The Hall–Kier alpha value is -4.88. The lowest BCUT2D eigenvalue weighted by Gasteiger charge is -2.41. The summed E-state index contributed by atoms with van der Waals surface area (Å²) in [7, 11) is 1.53. The number of fused-ring (bicyclic) bond motifs is 6. The van der Waals surface area contributed by atoms with E-state index in [9.17, 15) is 19.8 Å². The van der Waals surface area contributed by atoms with E-state index in [4.69, 9.17) is 15.2 Å². The molecule has 5 aromatic carbocycles. The average Bonchev–Trinajstić information content (AvgIpc) is 2.90. The fourth-order valence-corrected chi connectivity index (χ4v) is 5.34. The van der Waals surface area contributed by atoms with Gasteiger partial charge in [-0.3, -0.25) is 9.59 Å². The highest BCUT2D eigenvalue weighted by Gasteiger charge is 2.47. The van der Waals surface area contributed by atoms with Gasteiger partial charge in [-0.1, -0.05) is 30.3 Å². The molecule has 182 valence electrons. The van der Waals surface area contributed by atoms with Crippen LogP contribution in [0.1, 0.15) is 37.4 Å². The van der Waals surface area contributed by atoms with Gasteiger partial charge in [0.15, 0.2) is 5.60 Å². The lowest BCUT2D eigenvalue weighted by atomic mass is 9.74. The predicted octanol–water partition coefficient (Wildman–Crippen LogP) is 5.36. The SMILES string of the molecule is COC1(c2cc(C(N)=O)ccc2C=O)c2ccc3cc(O)ccc3c2Oc2c1ccc1cc(O)ccc21. The van der Waals surface area contributed by atoms with Crippen molar-refractivity contribution in [1.29, 1.82) is 0 Å². The summed E-state index contributed by atoms with van der Waals surface area (Å²) in [5.74, 6) is 0.544. The van der Waals surface area contributed by atoms with Crippen LogP contribution in [0.2, 0.25) is 0 Å². The first-order chi connectivity index (χ1) is 17.9. The van der Waals surface area contributed by atoms with Crippen LogP contribution in [-0.4, -0.2) is 29.5 Å². The van der Waals surface area contributed by atoms with Crippen molar-refractivity contribution in [3.63, 3.8) is 0 Å². The van der Waals surface area contributed by atoms with E-state index < -0.39 is 11.5 Å². The highest BCUT2D eigenvalue weighted by molar-refractivity contribution is 5.98. The smallest absolute Gasteiger partial charge is 0.248 e. The number of hydrogen-bond donors (Lipinski definition) is 3. The average molecular weight is 491 g/mol. The van der Waals surface area contributed by atoms with Crippen LogP contribution in [0.25, 0.3) is 21.5 Å². The monoisotopic (exact) mass is 491 g/mol. The van der Waals surface area contributed by atoms with E-state index in [0.29, 0.717) is 40.0 Å². The molecule has 0 bridgehead atoms. The molecular formula is C30H21NO6. The number of aldehydes is 1. The summed E-state index contributed by atoms with van der Waals surface area (Å²) < 4.78 is 12.9. The van der Waals surface area contributed by atoms with Crippen LogP contribution in [0.15, 0.2) is 78.9 Å². The van der Waals surface area contributed by atoms with Crippen LogP contribution in [-0.2, 0) is 10.3 Å². The number of benzene rings is 5. The van der Waals surface area contributed by atoms with E-state index in [0.717, 1.165) is 21.5 Å². The molecule has 0 radical (unpaired) electrons. The lowest BCUT2D eigenvalue weighted by Crippen LogP contribution is -2.36. The Balaban J connectivity index is 1.80. The molecule has 5 aromatic rings. The number of ether oxygens (including phenoxy) is 2. The third-order valence-electron chi connectivity index (χ3n) is 7.02. The summed E-state index contributed by atoms with van der Waals surface area (Å²) in [6.45, 7) is 0. The number of aromatic hydroxyl groups is 2. The number of rotatable bonds is 4. The minimum atomic E-state index is -1.36. The van der Waals surface area contributed by atoms with Crippen LogP contribution in [0.4, 0.5) is 0 Å². The van der Waals surface area contributed by atoms with Crippen molar-refractivity contribution in [3.05, 3.63) is 107 Å². The van der Waals surface area contributed by atoms with E-state index in [1.807, 2.05) is 24.3 Å². The first-order valence-electron chi connectivity index (χ1n) is 11.5. The summed E-state index contributed by atoms with van der Waals surface area (Å²) in [4.78, 5) is 24.4. The highest BCUT2D eigenvalue weighted by atomic mass is 16.5. The number of amides is 1. The summed E-state index contributed by atoms with van der Waals surface area (Å²) in [6.07, 6.45) is 0.716. The zero-order chi connectivity index (χ0) is 25.9. The predicted molar refractivity (Wildman–Crippen MR) is 139 cm³/mol. The van der Waals surface area contributed by atoms with Crippen LogP contribution in [0.5, 0.6) is 23.0 Å². The van der Waals surface area contributed by atoms with E-state index >= 15 is 0 Å². The number of hydrogen-bond acceptors (Lipinski definition) is 6. The standard InChI is InChI=1S/C30H21NO6/c1-36-30(26-14-18(29(31)35)2-3-19(26)15-32)24-10-4-16-12-20(33)6-8-22(16)27(24)37-28-23-9-7-21(34)13-17(23)5-11-25(28)30/h2-15,33-34H,1H3,(H2,31,35). The molecule has 37 heavy (non-hydrogen) atoms. The van der Waals surface area contributed by atoms with E-state index in [1.165, 1.54) is 13.2 Å². The Labute approximate surface area is 211 Å². The molecule has 7 heteroatoms. The van der Waals surface area contributed by atoms with Gasteiger partial charge in [-0.15, -0.1) is 0 Å². The third-order valence-corrected chi connectivity index (χ3v) is 7.02. The molecule has 7 nitrogen and oxygen atoms in total. The molecule has 1 amide bonds. The molecule has 0 atom stereocenters. The van der Waals surface area contributed by atoms with Crippen molar-refractivity contribution < 1.29 is 29.3 Å². The summed E-state index contributed by atoms with van der Waals surface area (Å²) >= 11 is 0. The van der Waals surface area contributed by atoms with Gasteiger partial charge in [-0.05, 0) is 59.3 Å². The first-order valence-corrected chi connectivity index (χ1v) is 11.5. The molecule has 6 rings (SSSR count). The Morgan fingerprint density at radius 2 is 1.38 bits per heavy atom. The number of methoxy groups -OCH3 is 1. The lowest BCUT2D eigenvalue weighted by molar-refractivity contribution is 0.0497. The van der Waals surface area contributed by atoms with E-state index in [-0.39, 0.29) is 17.1 Å². The van der Waals surface area contributed by atoms with Crippen molar-refractivity contribution >= 4 is 33.7 Å². The van der Waals surface area contributed by atoms with Crippen molar-refractivity contribution in [2.45, 2.75) is 5.60 Å². The van der Waals surface area contributed by atoms with Gasteiger partial charge in [0.2, 0.25) is 5.91 Å². The largest absolute Gasteiger partial charge is 0.508 e. The maximum atomic E-state index is 12.3. The van der Waals surface area contributed by atoms with E-state index in [2.05, 4.69) is 0 Å². The quantitative estimate of drug-likeness (QED) is 0.291. The van der Waals surface area contributed by atoms with Gasteiger partial charge in [0.1, 0.15) is 29.3 Å². The molecule has 0 spiro atoms. The summed E-state index contributed by atoms with van der Waals surface area (Å²) in [6, 6.07) is 21.9. The molecule has 1 aliphatic heterocycles. The number of primary amides is 1. The van der Waals surface area contributed by atoms with Gasteiger partial charge in [0.25, 0.3) is 0 Å². The van der Waals surface area contributed by atoms with Crippen LogP contribution in [0, 0.1) is 0 Å². The van der Waals surface area contributed by atoms with Gasteiger partial charge in [-0.2, -0.15) is 0 Å². The van der Waals surface area contributed by atoms with Crippen LogP contribution >= 0.6 is 0 Å². The maximum Gasteiger partial charge on any atom is 0.248 e. The van der Waals surface area contributed by atoms with Crippen molar-refractivity contribution in [1.82, 2.24) is 0 Å². The number of phenols is 2. The Morgan fingerprint density at radius 3 is 1.86 bits per heavy atom. The second-order valence-corrected chi connectivity index (χ2v) is 8.97. The summed E-state index contributed by atoms with van der Waals surface area (Å²) in [5.41, 5.74) is 6.47. The normalized spacial score (nSPS) is 13.5. The van der Waals surface area contributed by atoms with Gasteiger partial charge < -0.3 is 25.4 Å². The molecule has 4 N–H and O–H groups in total. The second kappa shape index (κ2) is 8.08. The molecule has 0 fully saturated rings. The first kappa shape index (κ1) is 22.6. The topological polar surface area (TPSA) is 119 Å². The fraction of sp³-hybridized carbons (Fsp3) is 0.0667. The highest BCUT2D eigenvalue weighted by Crippen LogP contribution is 2.56. The molecule has 0 unspecified atom stereocenters. The number of carbonyl (C=O) groups excluding carboxylic acids is 2. The van der Waals surface area contributed by atoms with Crippen LogP contribution < -0.4 is 10.5 Å². The van der Waals surface area contributed by atoms with Crippen molar-refractivity contribution in [2.24, 2.45) is 5.73 Å². The molecule has 1 aliphatic rings. The second-order valence-electron chi connectivity index (χ2n) is 8.97. The van der Waals surface area contributed by atoms with Gasteiger partial charge in [0.05, 0.1) is 0 Å². The number of carbonyl (C=O) groups is 2. The minimum Gasteiger partial charge on any atom is -0.508 e. The Kier molecular flexibility index (Phi) is 4.93. The number of phenolic OH excluding ortho intramolecular Hbond substituents is 2. The zero-order valence-electron chi connectivity index (χ0n) is 19.7. The van der Waals surface area contributed by atoms with Gasteiger partial charge >= 0.3 is 0 Å². The van der Waals surface area contributed by atoms with Gasteiger partial charge in [0, 0.05) is 45.7 Å². The fourth-order valence-electron chi connectivity index (χ4n) is 5.34. The molecule has 1 heterocycles. The molecule has 0 saturated carbocycles. The molecule has 0 aromatic heterocycles. The zero-order valence-corrected chi connectivity index (χ0v) is 19.7. The van der Waals surface area contributed by atoms with Crippen molar-refractivity contribution in [2.75, 3.05) is 7.11 Å². The maximum absolute atomic E-state index is 12.3. The third kappa shape index (κ3) is 3.18. The molecule has 0 saturated heterocycles. The molecular weight excluding hydrogens is 470 g/mol. The minimum absolute atomic E-state index is 0.111. The number of nitrogens with two attached hydrogens (primary N) is 1. The van der Waals surface area contributed by atoms with E-state index in [1.54, 1.807) is 48.5 Å². The van der Waals surface area contributed by atoms with Gasteiger partial charge in [-0.25, -0.2) is 0 Å². The molecule has 0 aliphatic carbocycles.